The van der Waals surface area contributed by atoms with Crippen LogP contribution in [0.2, 0.25) is 0 Å². The number of hydrogen-bond acceptors (Lipinski definition) is 3. The van der Waals surface area contributed by atoms with Crippen molar-refractivity contribution in [1.82, 2.24) is 4.90 Å². The van der Waals surface area contributed by atoms with Crippen LogP contribution in [0.4, 0.5) is 0 Å². The smallest absolute Gasteiger partial charge is 0.0991 e. The Kier molecular flexibility index (Phi) is 3.07. The maximum Gasteiger partial charge on any atom is 0.0991 e. The van der Waals surface area contributed by atoms with Crippen LogP contribution < -0.4 is 0 Å². The van der Waals surface area contributed by atoms with Gasteiger partial charge in [-0.25, -0.2) is 0 Å². The number of aliphatic hydroxyl groups is 1. The summed E-state index contributed by atoms with van der Waals surface area (Å²) in [7, 11) is 0. The minimum absolute atomic E-state index is 0.0922. The third kappa shape index (κ3) is 2.14. The molecule has 0 spiro atoms. The molecule has 0 aromatic heterocycles. The number of benzene rings is 1. The fraction of sp³-hybridized carbons (Fsp3) is 0.533. The molecule has 18 heavy (non-hydrogen) atoms. The lowest BCUT2D eigenvalue weighted by atomic mass is 10.00. The molecule has 94 valence electrons. The number of nitriles is 1. The molecule has 0 amide bonds. The summed E-state index contributed by atoms with van der Waals surface area (Å²) in [5.74, 6) is 1.16. The third-order valence-electron chi connectivity index (χ3n) is 4.36. The SMILES string of the molecule is N#Cc1cccc(CN2CC3CCC(O)C3C2)c1. The zero-order valence-electron chi connectivity index (χ0n) is 10.4. The number of rotatable bonds is 2. The molecule has 3 rings (SSSR count). The van der Waals surface area contributed by atoms with Crippen LogP contribution >= 0.6 is 0 Å². The lowest BCUT2D eigenvalue weighted by molar-refractivity contribution is 0.123. The average molecular weight is 242 g/mol. The highest BCUT2D eigenvalue weighted by atomic mass is 16.3. The monoisotopic (exact) mass is 242 g/mol. The molecule has 1 aliphatic carbocycles. The lowest BCUT2D eigenvalue weighted by Gasteiger charge is -2.18. The van der Waals surface area contributed by atoms with E-state index in [1.807, 2.05) is 18.2 Å². The number of nitrogens with zero attached hydrogens (tertiary/aromatic N) is 2. The summed E-state index contributed by atoms with van der Waals surface area (Å²) in [6, 6.07) is 10.0. The molecule has 1 saturated heterocycles. The Bertz CT molecular complexity index is 480. The van der Waals surface area contributed by atoms with Crippen molar-refractivity contribution in [2.24, 2.45) is 11.8 Å². The number of likely N-dealkylation sites (tertiary alicyclic amines) is 1. The quantitative estimate of drug-likeness (QED) is 0.859. The average Bonchev–Trinajstić information content (AvgIpc) is 2.92. The molecule has 1 saturated carbocycles. The summed E-state index contributed by atoms with van der Waals surface area (Å²) < 4.78 is 0. The number of aliphatic hydroxyl groups excluding tert-OH is 1. The second kappa shape index (κ2) is 4.72. The van der Waals surface area contributed by atoms with E-state index >= 15 is 0 Å². The molecule has 1 heterocycles. The molecule has 1 aromatic rings. The Hall–Kier alpha value is -1.37. The van der Waals surface area contributed by atoms with Crippen molar-refractivity contribution in [2.75, 3.05) is 13.1 Å². The van der Waals surface area contributed by atoms with Gasteiger partial charge in [0.25, 0.3) is 0 Å². The molecule has 1 N–H and O–H groups in total. The maximum absolute atomic E-state index is 9.90. The summed E-state index contributed by atoms with van der Waals surface area (Å²) in [5, 5.41) is 18.8. The first-order chi connectivity index (χ1) is 8.76. The van der Waals surface area contributed by atoms with E-state index in [2.05, 4.69) is 17.0 Å². The van der Waals surface area contributed by atoms with Crippen LogP contribution in [0.1, 0.15) is 24.0 Å². The van der Waals surface area contributed by atoms with E-state index in [4.69, 9.17) is 5.26 Å². The highest BCUT2D eigenvalue weighted by molar-refractivity contribution is 5.32. The van der Waals surface area contributed by atoms with Gasteiger partial charge >= 0.3 is 0 Å². The standard InChI is InChI=1S/C15H18N2O/c16-7-11-2-1-3-12(6-11)8-17-9-13-4-5-15(18)14(13)10-17/h1-3,6,13-15,18H,4-5,8-10H2. The topological polar surface area (TPSA) is 47.3 Å². The van der Waals surface area contributed by atoms with Crippen molar-refractivity contribution in [3.8, 4) is 6.07 Å². The van der Waals surface area contributed by atoms with Gasteiger partial charge in [0.05, 0.1) is 17.7 Å². The van der Waals surface area contributed by atoms with Gasteiger partial charge in [-0.05, 0) is 36.5 Å². The Morgan fingerprint density at radius 2 is 2.22 bits per heavy atom. The molecule has 3 atom stereocenters. The van der Waals surface area contributed by atoms with Crippen LogP contribution in [-0.4, -0.2) is 29.2 Å². The van der Waals surface area contributed by atoms with Crippen LogP contribution in [0.5, 0.6) is 0 Å². The molecule has 0 radical (unpaired) electrons. The summed E-state index contributed by atoms with van der Waals surface area (Å²) >= 11 is 0. The van der Waals surface area contributed by atoms with Gasteiger partial charge in [-0.1, -0.05) is 12.1 Å². The highest BCUT2D eigenvalue weighted by Crippen LogP contribution is 2.38. The maximum atomic E-state index is 9.90. The van der Waals surface area contributed by atoms with E-state index in [1.165, 1.54) is 12.0 Å². The van der Waals surface area contributed by atoms with E-state index in [-0.39, 0.29) is 6.10 Å². The van der Waals surface area contributed by atoms with Gasteiger partial charge in [-0.3, -0.25) is 4.90 Å². The zero-order chi connectivity index (χ0) is 12.5. The van der Waals surface area contributed by atoms with Gasteiger partial charge in [0, 0.05) is 25.6 Å². The first kappa shape index (κ1) is 11.7. The van der Waals surface area contributed by atoms with Crippen LogP contribution in [0.15, 0.2) is 24.3 Å². The zero-order valence-corrected chi connectivity index (χ0v) is 10.4. The van der Waals surface area contributed by atoms with Crippen LogP contribution in [-0.2, 0) is 6.54 Å². The van der Waals surface area contributed by atoms with Gasteiger partial charge in [-0.15, -0.1) is 0 Å². The van der Waals surface area contributed by atoms with Gasteiger partial charge in [0.15, 0.2) is 0 Å². The normalized spacial score (nSPS) is 31.2. The van der Waals surface area contributed by atoms with E-state index in [9.17, 15) is 5.11 Å². The summed E-state index contributed by atoms with van der Waals surface area (Å²) in [5.41, 5.74) is 1.93. The second-order valence-electron chi connectivity index (χ2n) is 5.57. The summed E-state index contributed by atoms with van der Waals surface area (Å²) in [4.78, 5) is 2.41. The van der Waals surface area contributed by atoms with Gasteiger partial charge in [0.2, 0.25) is 0 Å². The predicted molar refractivity (Wildman–Crippen MR) is 68.7 cm³/mol. The minimum Gasteiger partial charge on any atom is -0.393 e. The lowest BCUT2D eigenvalue weighted by Crippen LogP contribution is -2.24. The molecule has 1 aliphatic heterocycles. The molecule has 1 aromatic carbocycles. The van der Waals surface area contributed by atoms with Gasteiger partial charge in [0.1, 0.15) is 0 Å². The van der Waals surface area contributed by atoms with Crippen LogP contribution in [0, 0.1) is 23.2 Å². The van der Waals surface area contributed by atoms with E-state index in [0.717, 1.165) is 31.6 Å². The fourth-order valence-corrected chi connectivity index (χ4v) is 3.46. The van der Waals surface area contributed by atoms with Crippen molar-refractivity contribution < 1.29 is 5.11 Å². The predicted octanol–water partition coefficient (Wildman–Crippen LogP) is 1.76. The second-order valence-corrected chi connectivity index (χ2v) is 5.57. The van der Waals surface area contributed by atoms with E-state index < -0.39 is 0 Å². The Morgan fingerprint density at radius 1 is 1.33 bits per heavy atom. The molecular formula is C15H18N2O. The fourth-order valence-electron chi connectivity index (χ4n) is 3.46. The Balaban J connectivity index is 1.66. The van der Waals surface area contributed by atoms with Gasteiger partial charge in [-0.2, -0.15) is 5.26 Å². The first-order valence-corrected chi connectivity index (χ1v) is 6.66. The molecular weight excluding hydrogens is 224 g/mol. The molecule has 2 fully saturated rings. The number of fused-ring (bicyclic) bond motifs is 1. The van der Waals surface area contributed by atoms with Crippen molar-refractivity contribution in [2.45, 2.75) is 25.5 Å². The summed E-state index contributed by atoms with van der Waals surface area (Å²) in [6.45, 7) is 3.00. The largest absolute Gasteiger partial charge is 0.393 e. The molecule has 2 aliphatic rings. The van der Waals surface area contributed by atoms with Crippen LogP contribution in [0.3, 0.4) is 0 Å². The van der Waals surface area contributed by atoms with Crippen molar-refractivity contribution in [3.05, 3.63) is 35.4 Å². The molecule has 3 unspecified atom stereocenters. The van der Waals surface area contributed by atoms with Gasteiger partial charge < -0.3 is 5.11 Å². The summed E-state index contributed by atoms with van der Waals surface area (Å²) in [6.07, 6.45) is 2.05. The van der Waals surface area contributed by atoms with Crippen LogP contribution in [0.25, 0.3) is 0 Å². The van der Waals surface area contributed by atoms with Crippen molar-refractivity contribution in [3.63, 3.8) is 0 Å². The van der Waals surface area contributed by atoms with E-state index in [1.54, 1.807) is 0 Å². The highest BCUT2D eigenvalue weighted by Gasteiger charge is 2.41. The van der Waals surface area contributed by atoms with Crippen molar-refractivity contribution >= 4 is 0 Å². The molecule has 3 heteroatoms. The number of hydrogen-bond donors (Lipinski definition) is 1. The molecule has 0 bridgehead atoms. The van der Waals surface area contributed by atoms with Crippen molar-refractivity contribution in [1.29, 1.82) is 5.26 Å². The third-order valence-corrected chi connectivity index (χ3v) is 4.36. The van der Waals surface area contributed by atoms with E-state index in [0.29, 0.717) is 11.8 Å². The Morgan fingerprint density at radius 3 is 3.00 bits per heavy atom. The molecule has 3 nitrogen and oxygen atoms in total. The first-order valence-electron chi connectivity index (χ1n) is 6.66. The minimum atomic E-state index is -0.0922. The Labute approximate surface area is 108 Å².